The summed E-state index contributed by atoms with van der Waals surface area (Å²) in [6.45, 7) is 8.28. The van der Waals surface area contributed by atoms with Crippen molar-refractivity contribution >= 4 is 7.60 Å². The second kappa shape index (κ2) is 7.03. The Bertz CT molecular complexity index is 251. The van der Waals surface area contributed by atoms with Gasteiger partial charge in [0.25, 0.3) is 0 Å². The van der Waals surface area contributed by atoms with E-state index < -0.39 is 7.60 Å². The maximum absolute atomic E-state index is 11.9. The molecular formula is C10H19O3P. The van der Waals surface area contributed by atoms with E-state index in [1.807, 2.05) is 13.8 Å². The fourth-order valence-corrected chi connectivity index (χ4v) is 2.28. The highest BCUT2D eigenvalue weighted by Gasteiger charge is 2.20. The average Bonchev–Trinajstić information content (AvgIpc) is 2.03. The molecule has 82 valence electrons. The summed E-state index contributed by atoms with van der Waals surface area (Å²) in [7, 11) is -2.91. The Hall–Kier alpha value is -0.330. The zero-order valence-electron chi connectivity index (χ0n) is 9.37. The van der Waals surface area contributed by atoms with Crippen LogP contribution in [-0.2, 0) is 13.6 Å². The van der Waals surface area contributed by atoms with Gasteiger partial charge in [0.05, 0.1) is 19.4 Å². The fraction of sp³-hybridized carbons (Fsp3) is 0.700. The van der Waals surface area contributed by atoms with Crippen molar-refractivity contribution in [3.8, 4) is 0 Å². The van der Waals surface area contributed by atoms with Crippen LogP contribution >= 0.6 is 7.60 Å². The van der Waals surface area contributed by atoms with Gasteiger partial charge in [-0.3, -0.25) is 4.57 Å². The molecule has 4 heteroatoms. The monoisotopic (exact) mass is 218 g/mol. The highest BCUT2D eigenvalue weighted by molar-refractivity contribution is 7.54. The number of hydrogen-bond acceptors (Lipinski definition) is 3. The summed E-state index contributed by atoms with van der Waals surface area (Å²) in [6, 6.07) is 0. The van der Waals surface area contributed by atoms with E-state index in [4.69, 9.17) is 9.05 Å². The zero-order valence-corrected chi connectivity index (χ0v) is 10.3. The average molecular weight is 218 g/mol. The Morgan fingerprint density at radius 1 is 1.29 bits per heavy atom. The molecule has 0 aromatic rings. The third-order valence-corrected chi connectivity index (χ3v) is 3.29. The maximum atomic E-state index is 11.9. The first-order valence-corrected chi connectivity index (χ1v) is 6.53. The molecule has 0 aliphatic carbocycles. The molecule has 0 aliphatic rings. The fourth-order valence-electron chi connectivity index (χ4n) is 0.898. The van der Waals surface area contributed by atoms with Gasteiger partial charge in [-0.1, -0.05) is 0 Å². The third-order valence-electron chi connectivity index (χ3n) is 1.36. The Balaban J connectivity index is 4.38. The van der Waals surface area contributed by atoms with Crippen molar-refractivity contribution in [2.24, 2.45) is 0 Å². The van der Waals surface area contributed by atoms with Gasteiger partial charge < -0.3 is 9.05 Å². The van der Waals surface area contributed by atoms with Crippen LogP contribution in [0.25, 0.3) is 0 Å². The van der Waals surface area contributed by atoms with Crippen LogP contribution in [0.2, 0.25) is 0 Å². The standard InChI is InChI=1S/C10H19O3P/c1-5-12-14(11,13-6-2)9-7-8-10(3)4/h7H,5-6,9H2,1-4H3. The molecule has 0 bridgehead atoms. The number of rotatable bonds is 6. The lowest BCUT2D eigenvalue weighted by Gasteiger charge is -2.14. The van der Waals surface area contributed by atoms with Crippen LogP contribution in [0.1, 0.15) is 27.7 Å². The van der Waals surface area contributed by atoms with E-state index in [1.165, 1.54) is 0 Å². The van der Waals surface area contributed by atoms with E-state index in [9.17, 15) is 4.57 Å². The van der Waals surface area contributed by atoms with Gasteiger partial charge >= 0.3 is 7.60 Å². The van der Waals surface area contributed by atoms with Crippen LogP contribution in [0.3, 0.4) is 0 Å². The minimum absolute atomic E-state index is 0.292. The molecule has 0 saturated heterocycles. The van der Waals surface area contributed by atoms with Crippen molar-refractivity contribution in [1.29, 1.82) is 0 Å². The van der Waals surface area contributed by atoms with E-state index in [1.54, 1.807) is 19.9 Å². The van der Waals surface area contributed by atoms with Gasteiger partial charge in [0.15, 0.2) is 0 Å². The second-order valence-electron chi connectivity index (χ2n) is 2.98. The first-order valence-electron chi connectivity index (χ1n) is 4.80. The summed E-state index contributed by atoms with van der Waals surface area (Å²) in [4.78, 5) is 0. The highest BCUT2D eigenvalue weighted by Crippen LogP contribution is 2.47. The van der Waals surface area contributed by atoms with Crippen molar-refractivity contribution in [3.05, 3.63) is 17.4 Å². The topological polar surface area (TPSA) is 35.5 Å². The lowest BCUT2D eigenvalue weighted by molar-refractivity contribution is 0.222. The molecule has 14 heavy (non-hydrogen) atoms. The molecule has 0 unspecified atom stereocenters. The molecule has 0 aromatic carbocycles. The molecule has 0 heterocycles. The Labute approximate surface area is 86.3 Å². The van der Waals surface area contributed by atoms with E-state index in [0.717, 1.165) is 5.57 Å². The molecular weight excluding hydrogens is 199 g/mol. The van der Waals surface area contributed by atoms with Gasteiger partial charge in [0, 0.05) is 0 Å². The molecule has 0 aromatic heterocycles. The molecule has 0 N–H and O–H groups in total. The molecule has 0 rings (SSSR count). The SMILES string of the molecule is CCOP(=O)(CC=C=C(C)C)OCC. The summed E-state index contributed by atoms with van der Waals surface area (Å²) < 4.78 is 22.1. The van der Waals surface area contributed by atoms with Crippen molar-refractivity contribution in [3.63, 3.8) is 0 Å². The van der Waals surface area contributed by atoms with Gasteiger partial charge in [-0.05, 0) is 39.3 Å². The lowest BCUT2D eigenvalue weighted by atomic mass is 10.4. The van der Waals surface area contributed by atoms with Crippen LogP contribution in [0.4, 0.5) is 0 Å². The molecule has 0 aliphatic heterocycles. The van der Waals surface area contributed by atoms with Gasteiger partial charge in [0.1, 0.15) is 0 Å². The van der Waals surface area contributed by atoms with Gasteiger partial charge in [-0.15, -0.1) is 5.73 Å². The minimum atomic E-state index is -2.91. The van der Waals surface area contributed by atoms with Crippen molar-refractivity contribution < 1.29 is 13.6 Å². The van der Waals surface area contributed by atoms with E-state index >= 15 is 0 Å². The first kappa shape index (κ1) is 13.7. The Kier molecular flexibility index (Phi) is 6.86. The molecule has 0 spiro atoms. The van der Waals surface area contributed by atoms with Crippen LogP contribution < -0.4 is 0 Å². The summed E-state index contributed by atoms with van der Waals surface area (Å²) in [6.07, 6.45) is 2.00. The van der Waals surface area contributed by atoms with Gasteiger partial charge in [-0.2, -0.15) is 0 Å². The van der Waals surface area contributed by atoms with E-state index in [2.05, 4.69) is 5.73 Å². The summed E-state index contributed by atoms with van der Waals surface area (Å²) in [5, 5.41) is 0. The van der Waals surface area contributed by atoms with Crippen molar-refractivity contribution in [2.75, 3.05) is 19.4 Å². The number of allylic oxidation sites excluding steroid dienone is 1. The van der Waals surface area contributed by atoms with E-state index in [-0.39, 0.29) is 0 Å². The molecule has 0 saturated carbocycles. The summed E-state index contributed by atoms with van der Waals surface area (Å²) in [5.41, 5.74) is 4.02. The van der Waals surface area contributed by atoms with Crippen molar-refractivity contribution in [1.82, 2.24) is 0 Å². The molecule has 0 amide bonds. The van der Waals surface area contributed by atoms with Crippen LogP contribution in [0.5, 0.6) is 0 Å². The predicted octanol–water partition coefficient (Wildman–Crippen LogP) is 3.37. The quantitative estimate of drug-likeness (QED) is 0.506. The summed E-state index contributed by atoms with van der Waals surface area (Å²) in [5.74, 6) is 0. The Morgan fingerprint density at radius 2 is 1.79 bits per heavy atom. The first-order chi connectivity index (χ1) is 6.54. The van der Waals surface area contributed by atoms with Crippen LogP contribution in [-0.4, -0.2) is 19.4 Å². The van der Waals surface area contributed by atoms with Crippen molar-refractivity contribution in [2.45, 2.75) is 27.7 Å². The summed E-state index contributed by atoms with van der Waals surface area (Å²) >= 11 is 0. The number of hydrogen-bond donors (Lipinski definition) is 0. The maximum Gasteiger partial charge on any atom is 0.335 e. The molecule has 3 nitrogen and oxygen atoms in total. The normalized spacial score (nSPS) is 10.9. The Morgan fingerprint density at radius 3 is 2.14 bits per heavy atom. The smallest absolute Gasteiger partial charge is 0.309 e. The minimum Gasteiger partial charge on any atom is -0.309 e. The molecule has 0 fully saturated rings. The van der Waals surface area contributed by atoms with E-state index in [0.29, 0.717) is 19.4 Å². The lowest BCUT2D eigenvalue weighted by Crippen LogP contribution is -1.98. The second-order valence-corrected chi connectivity index (χ2v) is 5.08. The van der Waals surface area contributed by atoms with Gasteiger partial charge in [-0.25, -0.2) is 0 Å². The van der Waals surface area contributed by atoms with Crippen LogP contribution in [0.15, 0.2) is 17.4 Å². The predicted molar refractivity (Wildman–Crippen MR) is 58.7 cm³/mol. The van der Waals surface area contributed by atoms with Crippen LogP contribution in [0, 0.1) is 0 Å². The third kappa shape index (κ3) is 6.17. The van der Waals surface area contributed by atoms with Gasteiger partial charge in [0.2, 0.25) is 0 Å². The molecule has 0 atom stereocenters. The highest BCUT2D eigenvalue weighted by atomic mass is 31.2. The zero-order chi connectivity index (χ0) is 11.0. The largest absolute Gasteiger partial charge is 0.335 e. The molecule has 0 radical (unpaired) electrons.